The quantitative estimate of drug-likeness (QED) is 0.744. The lowest BCUT2D eigenvalue weighted by atomic mass is 10.3. The second-order valence-electron chi connectivity index (χ2n) is 3.82. The van der Waals surface area contributed by atoms with Crippen molar-refractivity contribution in [1.82, 2.24) is 15.0 Å². The Hall–Kier alpha value is -1.88. The molecule has 3 aromatic rings. The second-order valence-corrected chi connectivity index (χ2v) is 4.76. The van der Waals surface area contributed by atoms with Crippen LogP contribution in [-0.2, 0) is 6.54 Å². The molecule has 3 rings (SSSR count). The summed E-state index contributed by atoms with van der Waals surface area (Å²) in [5, 5.41) is 3.28. The first-order chi connectivity index (χ1) is 8.33. The number of aromatic nitrogens is 3. The minimum atomic E-state index is 0.760. The van der Waals surface area contributed by atoms with E-state index in [1.54, 1.807) is 11.3 Å². The Morgan fingerprint density at radius 2 is 2.24 bits per heavy atom. The van der Waals surface area contributed by atoms with Crippen molar-refractivity contribution in [3.05, 3.63) is 40.3 Å². The molecule has 0 bridgehead atoms. The molecule has 0 radical (unpaired) electrons. The largest absolute Gasteiger partial charge is 0.351 e. The third-order valence-corrected chi connectivity index (χ3v) is 3.59. The topological polar surface area (TPSA) is 53.6 Å². The molecule has 1 aromatic carbocycles. The van der Waals surface area contributed by atoms with Crippen molar-refractivity contribution >= 4 is 28.3 Å². The Morgan fingerprint density at radius 1 is 1.35 bits per heavy atom. The fraction of sp³-hybridized carbons (Fsp3) is 0.167. The molecule has 0 aliphatic carbocycles. The van der Waals surface area contributed by atoms with Crippen LogP contribution in [0.25, 0.3) is 11.0 Å². The third kappa shape index (κ3) is 2.01. The molecule has 0 saturated heterocycles. The zero-order valence-electron chi connectivity index (χ0n) is 9.40. The summed E-state index contributed by atoms with van der Waals surface area (Å²) in [5.41, 5.74) is 4.98. The fourth-order valence-corrected chi connectivity index (χ4v) is 2.41. The Kier molecular flexibility index (Phi) is 2.53. The van der Waals surface area contributed by atoms with Gasteiger partial charge in [-0.3, -0.25) is 0 Å². The van der Waals surface area contributed by atoms with E-state index in [0.29, 0.717) is 0 Å². The van der Waals surface area contributed by atoms with E-state index in [-0.39, 0.29) is 0 Å². The molecule has 2 heterocycles. The molecular formula is C12H12N4S. The van der Waals surface area contributed by atoms with Crippen LogP contribution in [0.3, 0.4) is 0 Å². The van der Waals surface area contributed by atoms with Gasteiger partial charge in [-0.2, -0.15) is 0 Å². The van der Waals surface area contributed by atoms with Gasteiger partial charge in [0.15, 0.2) is 0 Å². The molecule has 0 fully saturated rings. The number of fused-ring (bicyclic) bond motifs is 1. The lowest BCUT2D eigenvalue weighted by Crippen LogP contribution is -2.00. The molecular weight excluding hydrogens is 232 g/mol. The molecule has 5 heteroatoms. The molecule has 17 heavy (non-hydrogen) atoms. The Labute approximate surface area is 103 Å². The van der Waals surface area contributed by atoms with Gasteiger partial charge in [-0.25, -0.2) is 9.97 Å². The van der Waals surface area contributed by atoms with E-state index in [2.05, 4.69) is 20.3 Å². The standard InChI is InChI=1S/C12H12N4S/c1-8-11(17-7-14-8)6-13-12-15-9-4-2-3-5-10(9)16-12/h2-5,7H,6H2,1H3,(H2,13,15,16). The highest BCUT2D eigenvalue weighted by Gasteiger charge is 2.04. The van der Waals surface area contributed by atoms with Crippen molar-refractivity contribution in [2.75, 3.05) is 5.32 Å². The maximum Gasteiger partial charge on any atom is 0.201 e. The SMILES string of the molecule is Cc1ncsc1CNc1nc2ccccc2[nH]1. The normalized spacial score (nSPS) is 10.9. The number of aromatic amines is 1. The van der Waals surface area contributed by atoms with Crippen LogP contribution in [-0.4, -0.2) is 15.0 Å². The first kappa shape index (κ1) is 10.3. The first-order valence-corrected chi connectivity index (χ1v) is 6.28. The van der Waals surface area contributed by atoms with Crippen molar-refractivity contribution in [2.45, 2.75) is 13.5 Å². The number of nitrogens with one attached hydrogen (secondary N) is 2. The minimum absolute atomic E-state index is 0.760. The smallest absolute Gasteiger partial charge is 0.201 e. The minimum Gasteiger partial charge on any atom is -0.351 e. The number of rotatable bonds is 3. The molecule has 2 aromatic heterocycles. The molecule has 2 N–H and O–H groups in total. The summed E-state index contributed by atoms with van der Waals surface area (Å²) in [4.78, 5) is 13.2. The van der Waals surface area contributed by atoms with Crippen molar-refractivity contribution in [3.63, 3.8) is 0 Å². The van der Waals surface area contributed by atoms with Gasteiger partial charge in [-0.05, 0) is 19.1 Å². The predicted molar refractivity (Wildman–Crippen MR) is 70.3 cm³/mol. The summed E-state index contributed by atoms with van der Waals surface area (Å²) in [6.07, 6.45) is 0. The molecule has 4 nitrogen and oxygen atoms in total. The van der Waals surface area contributed by atoms with Crippen LogP contribution in [0.15, 0.2) is 29.8 Å². The van der Waals surface area contributed by atoms with E-state index in [1.165, 1.54) is 4.88 Å². The molecule has 0 aliphatic heterocycles. The zero-order valence-corrected chi connectivity index (χ0v) is 10.2. The third-order valence-electron chi connectivity index (χ3n) is 2.65. The van der Waals surface area contributed by atoms with Crippen LogP contribution < -0.4 is 5.32 Å². The Balaban J connectivity index is 1.79. The molecule has 0 atom stereocenters. The molecule has 0 amide bonds. The number of para-hydroxylation sites is 2. The zero-order chi connectivity index (χ0) is 11.7. The monoisotopic (exact) mass is 244 g/mol. The predicted octanol–water partition coefficient (Wildman–Crippen LogP) is 2.94. The molecule has 0 aliphatic rings. The molecule has 0 saturated carbocycles. The van der Waals surface area contributed by atoms with E-state index >= 15 is 0 Å². The fourth-order valence-electron chi connectivity index (χ4n) is 1.70. The van der Waals surface area contributed by atoms with Gasteiger partial charge in [0.1, 0.15) is 0 Å². The van der Waals surface area contributed by atoms with Crippen molar-refractivity contribution in [1.29, 1.82) is 0 Å². The maximum atomic E-state index is 4.46. The lowest BCUT2D eigenvalue weighted by molar-refractivity contribution is 1.09. The van der Waals surface area contributed by atoms with Gasteiger partial charge < -0.3 is 10.3 Å². The number of benzene rings is 1. The van der Waals surface area contributed by atoms with Crippen LogP contribution in [0, 0.1) is 6.92 Å². The van der Waals surface area contributed by atoms with Crippen molar-refractivity contribution in [2.24, 2.45) is 0 Å². The van der Waals surface area contributed by atoms with Gasteiger partial charge in [-0.15, -0.1) is 11.3 Å². The maximum absolute atomic E-state index is 4.46. The van der Waals surface area contributed by atoms with Crippen LogP contribution in [0.5, 0.6) is 0 Å². The van der Waals surface area contributed by atoms with E-state index < -0.39 is 0 Å². The summed E-state index contributed by atoms with van der Waals surface area (Å²) >= 11 is 1.66. The number of hydrogen-bond donors (Lipinski definition) is 2. The van der Waals surface area contributed by atoms with Gasteiger partial charge in [0.25, 0.3) is 0 Å². The number of nitrogens with zero attached hydrogens (tertiary/aromatic N) is 2. The van der Waals surface area contributed by atoms with E-state index in [1.807, 2.05) is 36.7 Å². The number of H-pyrrole nitrogens is 1. The van der Waals surface area contributed by atoms with Crippen LogP contribution >= 0.6 is 11.3 Å². The Bertz CT molecular complexity index is 608. The summed E-state index contributed by atoms with van der Waals surface area (Å²) in [7, 11) is 0. The van der Waals surface area contributed by atoms with Crippen molar-refractivity contribution in [3.8, 4) is 0 Å². The Morgan fingerprint density at radius 3 is 3.00 bits per heavy atom. The van der Waals surface area contributed by atoms with Gasteiger partial charge >= 0.3 is 0 Å². The molecule has 0 unspecified atom stereocenters. The number of hydrogen-bond acceptors (Lipinski definition) is 4. The highest BCUT2D eigenvalue weighted by molar-refractivity contribution is 7.09. The average Bonchev–Trinajstić information content (AvgIpc) is 2.92. The number of imidazole rings is 1. The van der Waals surface area contributed by atoms with Gasteiger partial charge in [0.05, 0.1) is 28.8 Å². The summed E-state index contributed by atoms with van der Waals surface area (Å²) in [5.74, 6) is 0.805. The summed E-state index contributed by atoms with van der Waals surface area (Å²) in [6.45, 7) is 2.78. The average molecular weight is 244 g/mol. The van der Waals surface area contributed by atoms with Crippen LogP contribution in [0.2, 0.25) is 0 Å². The highest BCUT2D eigenvalue weighted by Crippen LogP contribution is 2.16. The van der Waals surface area contributed by atoms with Crippen molar-refractivity contribution < 1.29 is 0 Å². The first-order valence-electron chi connectivity index (χ1n) is 5.40. The second kappa shape index (κ2) is 4.18. The van der Waals surface area contributed by atoms with Crippen LogP contribution in [0.1, 0.15) is 10.6 Å². The molecule has 0 spiro atoms. The van der Waals surface area contributed by atoms with Gasteiger partial charge in [-0.1, -0.05) is 12.1 Å². The lowest BCUT2D eigenvalue weighted by Gasteiger charge is -2.00. The van der Waals surface area contributed by atoms with Gasteiger partial charge in [0, 0.05) is 4.88 Å². The van der Waals surface area contributed by atoms with E-state index in [0.717, 1.165) is 29.2 Å². The number of anilines is 1. The summed E-state index contributed by atoms with van der Waals surface area (Å²) in [6, 6.07) is 8.00. The number of aryl methyl sites for hydroxylation is 1. The summed E-state index contributed by atoms with van der Waals surface area (Å²) < 4.78 is 0. The highest BCUT2D eigenvalue weighted by atomic mass is 32.1. The molecule has 86 valence electrons. The number of thiazole rings is 1. The van der Waals surface area contributed by atoms with Crippen LogP contribution in [0.4, 0.5) is 5.95 Å². The van der Waals surface area contributed by atoms with E-state index in [4.69, 9.17) is 0 Å². The van der Waals surface area contributed by atoms with E-state index in [9.17, 15) is 0 Å². The van der Waals surface area contributed by atoms with Gasteiger partial charge in [0.2, 0.25) is 5.95 Å².